The van der Waals surface area contributed by atoms with E-state index in [4.69, 9.17) is 16.7 Å². The molecule has 2 aliphatic rings. The lowest BCUT2D eigenvalue weighted by Gasteiger charge is -2.50. The fraction of sp³-hybridized carbons (Fsp3) is 0.344. The second kappa shape index (κ2) is 10.5. The summed E-state index contributed by atoms with van der Waals surface area (Å²) in [6, 6.07) is 17.4. The van der Waals surface area contributed by atoms with Gasteiger partial charge in [-0.25, -0.2) is 0 Å². The Morgan fingerprint density at radius 2 is 1.72 bits per heavy atom. The van der Waals surface area contributed by atoms with Gasteiger partial charge >= 0.3 is 0 Å². The van der Waals surface area contributed by atoms with Crippen molar-refractivity contribution in [3.63, 3.8) is 0 Å². The molecule has 2 aromatic carbocycles. The first-order valence-corrected chi connectivity index (χ1v) is 13.2. The van der Waals surface area contributed by atoms with Gasteiger partial charge in [0.1, 0.15) is 0 Å². The van der Waals surface area contributed by atoms with Gasteiger partial charge in [0, 0.05) is 23.5 Å². The molecule has 4 heteroatoms. The van der Waals surface area contributed by atoms with Crippen molar-refractivity contribution in [3.05, 3.63) is 118 Å². The second-order valence-electron chi connectivity index (χ2n) is 10.6. The van der Waals surface area contributed by atoms with Gasteiger partial charge in [-0.3, -0.25) is 5.01 Å². The van der Waals surface area contributed by atoms with Gasteiger partial charge in [-0.05, 0) is 67.5 Å². The van der Waals surface area contributed by atoms with Crippen LogP contribution in [0.5, 0.6) is 0 Å². The number of halogens is 1. The Hall–Kier alpha value is -3.04. The summed E-state index contributed by atoms with van der Waals surface area (Å²) in [5, 5.41) is 7.92. The summed E-state index contributed by atoms with van der Waals surface area (Å²) in [6.45, 7) is 25.1. The molecule has 3 nitrogen and oxygen atoms in total. The van der Waals surface area contributed by atoms with E-state index in [1.807, 2.05) is 18.3 Å². The van der Waals surface area contributed by atoms with E-state index in [9.17, 15) is 0 Å². The molecule has 1 fully saturated rings. The van der Waals surface area contributed by atoms with Crippen molar-refractivity contribution in [2.75, 3.05) is 6.54 Å². The third kappa shape index (κ3) is 5.08. The Morgan fingerprint density at radius 3 is 2.33 bits per heavy atom. The highest BCUT2D eigenvalue weighted by Crippen LogP contribution is 2.44. The minimum absolute atomic E-state index is 0.0415. The van der Waals surface area contributed by atoms with Gasteiger partial charge in [-0.1, -0.05) is 92.7 Å². The van der Waals surface area contributed by atoms with Crippen molar-refractivity contribution in [2.45, 2.75) is 59.0 Å². The zero-order valence-electron chi connectivity index (χ0n) is 22.3. The van der Waals surface area contributed by atoms with Crippen LogP contribution in [0, 0.1) is 12.8 Å². The minimum Gasteiger partial charge on any atom is -0.366 e. The molecule has 0 N–H and O–H groups in total. The first kappa shape index (κ1) is 26.0. The SMILES string of the molecule is C=C1C=NN2C(=C1CC(=C)C(C)C)C(=C)N(C(C)C)CC2C(c1cccc(C)c1)c1cccc(Cl)c1. The smallest absolute Gasteiger partial charge is 0.0867 e. The number of hydrogen-bond donors (Lipinski definition) is 0. The average Bonchev–Trinajstić information content (AvgIpc) is 2.82. The number of piperazine rings is 1. The summed E-state index contributed by atoms with van der Waals surface area (Å²) in [4.78, 5) is 2.41. The third-order valence-electron chi connectivity index (χ3n) is 7.40. The molecule has 0 aliphatic carbocycles. The van der Waals surface area contributed by atoms with Gasteiger partial charge in [0.25, 0.3) is 0 Å². The van der Waals surface area contributed by atoms with Crippen LogP contribution >= 0.6 is 11.6 Å². The number of aryl methyl sites for hydroxylation is 1. The van der Waals surface area contributed by atoms with Crippen molar-refractivity contribution in [3.8, 4) is 0 Å². The van der Waals surface area contributed by atoms with Crippen LogP contribution in [0.2, 0.25) is 5.02 Å². The molecule has 0 radical (unpaired) electrons. The summed E-state index contributed by atoms with van der Waals surface area (Å²) in [7, 11) is 0. The molecule has 0 spiro atoms. The Balaban J connectivity index is 1.92. The van der Waals surface area contributed by atoms with E-state index in [-0.39, 0.29) is 12.0 Å². The van der Waals surface area contributed by atoms with E-state index in [1.165, 1.54) is 22.3 Å². The predicted molar refractivity (Wildman–Crippen MR) is 154 cm³/mol. The molecule has 1 saturated heterocycles. The average molecular weight is 500 g/mol. The van der Waals surface area contributed by atoms with Crippen LogP contribution in [0.3, 0.4) is 0 Å². The number of fused-ring (bicyclic) bond motifs is 1. The van der Waals surface area contributed by atoms with Crippen LogP contribution in [0.4, 0.5) is 0 Å². The highest BCUT2D eigenvalue weighted by Gasteiger charge is 2.42. The number of hydrogen-bond acceptors (Lipinski definition) is 3. The maximum atomic E-state index is 6.52. The summed E-state index contributed by atoms with van der Waals surface area (Å²) in [5.74, 6) is 0.449. The van der Waals surface area contributed by atoms with Gasteiger partial charge in [-0.2, -0.15) is 5.10 Å². The van der Waals surface area contributed by atoms with Gasteiger partial charge in [0.2, 0.25) is 0 Å². The Kier molecular flexibility index (Phi) is 7.61. The van der Waals surface area contributed by atoms with Gasteiger partial charge in [0.05, 0.1) is 23.7 Å². The number of allylic oxidation sites excluding steroid dienone is 3. The number of rotatable bonds is 7. The molecule has 2 aliphatic heterocycles. The Labute approximate surface area is 222 Å². The van der Waals surface area contributed by atoms with Crippen LogP contribution in [-0.4, -0.2) is 34.8 Å². The molecule has 0 amide bonds. The maximum absolute atomic E-state index is 6.52. The van der Waals surface area contributed by atoms with Crippen LogP contribution in [0.25, 0.3) is 0 Å². The van der Waals surface area contributed by atoms with E-state index in [0.29, 0.717) is 12.0 Å². The van der Waals surface area contributed by atoms with E-state index in [2.05, 4.69) is 101 Å². The Bertz CT molecular complexity index is 1200. The number of hydrazone groups is 1. The normalized spacial score (nSPS) is 18.8. The summed E-state index contributed by atoms with van der Waals surface area (Å²) in [6.07, 6.45) is 2.67. The second-order valence-corrected chi connectivity index (χ2v) is 11.1. The molecule has 4 rings (SSSR count). The highest BCUT2D eigenvalue weighted by atomic mass is 35.5. The number of benzene rings is 2. The van der Waals surface area contributed by atoms with E-state index < -0.39 is 0 Å². The molecule has 0 bridgehead atoms. The standard InChI is InChI=1S/C32H38ClN3/c1-20(2)23(6)16-29-24(7)18-34-36-30(19-35(21(3)4)25(8)32(29)36)31(26-12-9-11-22(5)15-26)27-13-10-14-28(33)17-27/h9-15,17-18,20-21,30-31H,6-8,16,19H2,1-5H3. The van der Waals surface area contributed by atoms with E-state index >= 15 is 0 Å². The van der Waals surface area contributed by atoms with E-state index in [1.54, 1.807) is 0 Å². The number of nitrogens with zero attached hydrogens (tertiary/aromatic N) is 3. The van der Waals surface area contributed by atoms with Crippen molar-refractivity contribution < 1.29 is 0 Å². The fourth-order valence-electron chi connectivity index (χ4n) is 5.24. The Morgan fingerprint density at radius 1 is 1.06 bits per heavy atom. The van der Waals surface area contributed by atoms with E-state index in [0.717, 1.165) is 40.5 Å². The largest absolute Gasteiger partial charge is 0.366 e. The van der Waals surface area contributed by atoms with Gasteiger partial charge < -0.3 is 4.90 Å². The molecular formula is C32H38ClN3. The van der Waals surface area contributed by atoms with Gasteiger partial charge in [0.15, 0.2) is 0 Å². The predicted octanol–water partition coefficient (Wildman–Crippen LogP) is 8.10. The maximum Gasteiger partial charge on any atom is 0.0867 e. The molecule has 36 heavy (non-hydrogen) atoms. The van der Waals surface area contributed by atoms with Crippen molar-refractivity contribution in [2.24, 2.45) is 11.0 Å². The lowest BCUT2D eigenvalue weighted by molar-refractivity contribution is 0.120. The van der Waals surface area contributed by atoms with Gasteiger partial charge in [-0.15, -0.1) is 0 Å². The van der Waals surface area contributed by atoms with Crippen LogP contribution < -0.4 is 0 Å². The zero-order valence-corrected chi connectivity index (χ0v) is 23.0. The van der Waals surface area contributed by atoms with Crippen molar-refractivity contribution in [1.29, 1.82) is 0 Å². The summed E-state index contributed by atoms with van der Waals surface area (Å²) in [5.41, 5.74) is 9.02. The van der Waals surface area contributed by atoms with Crippen LogP contribution in [0.1, 0.15) is 56.7 Å². The van der Waals surface area contributed by atoms with Crippen LogP contribution in [-0.2, 0) is 0 Å². The molecule has 2 heterocycles. The quantitative estimate of drug-likeness (QED) is 0.358. The molecule has 0 saturated carbocycles. The third-order valence-corrected chi connectivity index (χ3v) is 7.63. The van der Waals surface area contributed by atoms with Crippen molar-refractivity contribution in [1.82, 2.24) is 9.91 Å². The van der Waals surface area contributed by atoms with Crippen molar-refractivity contribution >= 4 is 17.8 Å². The molecule has 188 valence electrons. The fourth-order valence-corrected chi connectivity index (χ4v) is 5.44. The lowest BCUT2D eigenvalue weighted by Crippen LogP contribution is -2.53. The molecule has 0 aromatic heterocycles. The molecule has 2 unspecified atom stereocenters. The first-order chi connectivity index (χ1) is 17.1. The topological polar surface area (TPSA) is 18.8 Å². The lowest BCUT2D eigenvalue weighted by atomic mass is 9.81. The van der Waals surface area contributed by atoms with Crippen LogP contribution in [0.15, 0.2) is 101 Å². The zero-order chi connectivity index (χ0) is 26.1. The molecule has 2 atom stereocenters. The minimum atomic E-state index is 0.0415. The summed E-state index contributed by atoms with van der Waals surface area (Å²) >= 11 is 6.52. The molecule has 2 aromatic rings. The molecular weight excluding hydrogens is 462 g/mol. The highest BCUT2D eigenvalue weighted by molar-refractivity contribution is 6.30. The monoisotopic (exact) mass is 499 g/mol. The first-order valence-electron chi connectivity index (χ1n) is 12.8. The summed E-state index contributed by atoms with van der Waals surface area (Å²) < 4.78 is 0.